The summed E-state index contributed by atoms with van der Waals surface area (Å²) in [5.74, 6) is 0.851. The van der Waals surface area contributed by atoms with Crippen molar-refractivity contribution in [1.82, 2.24) is 15.5 Å². The van der Waals surface area contributed by atoms with Crippen LogP contribution < -0.4 is 10.6 Å². The van der Waals surface area contributed by atoms with Crippen molar-refractivity contribution in [1.29, 1.82) is 0 Å². The molecule has 0 spiro atoms. The topological polar surface area (TPSA) is 56.7 Å². The minimum Gasteiger partial charge on any atom is -0.352 e. The molecule has 2 aromatic rings. The Kier molecular flexibility index (Phi) is 11.1. The molecule has 0 unspecified atom stereocenters. The van der Waals surface area contributed by atoms with Crippen LogP contribution in [0, 0.1) is 0 Å². The predicted molar refractivity (Wildman–Crippen MR) is 130 cm³/mol. The molecule has 0 bridgehead atoms. The Labute approximate surface area is 189 Å². The highest BCUT2D eigenvalue weighted by molar-refractivity contribution is 14.0. The SMILES string of the molecule is CCc1ccc(CNC(=NC)NCc2ccc(C(=O)N(CC)CC)cc2)s1.I. The zero-order valence-corrected chi connectivity index (χ0v) is 20.3. The van der Waals surface area contributed by atoms with Gasteiger partial charge >= 0.3 is 0 Å². The highest BCUT2D eigenvalue weighted by Crippen LogP contribution is 2.16. The Morgan fingerprint density at radius 3 is 2.11 bits per heavy atom. The van der Waals surface area contributed by atoms with Crippen molar-refractivity contribution in [3.63, 3.8) is 0 Å². The molecule has 0 aliphatic rings. The highest BCUT2D eigenvalue weighted by atomic mass is 127. The first kappa shape index (κ1) is 24.4. The van der Waals surface area contributed by atoms with Gasteiger partial charge in [0.05, 0.1) is 6.54 Å². The van der Waals surface area contributed by atoms with Gasteiger partial charge in [0.15, 0.2) is 5.96 Å². The first-order chi connectivity index (χ1) is 13.1. The van der Waals surface area contributed by atoms with Crippen molar-refractivity contribution in [2.24, 2.45) is 4.99 Å². The van der Waals surface area contributed by atoms with E-state index in [1.54, 1.807) is 7.05 Å². The van der Waals surface area contributed by atoms with E-state index in [9.17, 15) is 4.79 Å². The molecule has 1 amide bonds. The van der Waals surface area contributed by atoms with Crippen molar-refractivity contribution < 1.29 is 4.79 Å². The average Bonchev–Trinajstić information content (AvgIpc) is 3.17. The minimum atomic E-state index is 0. The van der Waals surface area contributed by atoms with Crippen molar-refractivity contribution >= 4 is 47.2 Å². The number of guanidine groups is 1. The van der Waals surface area contributed by atoms with Gasteiger partial charge < -0.3 is 15.5 Å². The fourth-order valence-electron chi connectivity index (χ4n) is 2.74. The van der Waals surface area contributed by atoms with Crippen LogP contribution in [0.3, 0.4) is 0 Å². The molecule has 5 nitrogen and oxygen atoms in total. The van der Waals surface area contributed by atoms with E-state index in [1.165, 1.54) is 9.75 Å². The molecule has 0 radical (unpaired) electrons. The summed E-state index contributed by atoms with van der Waals surface area (Å²) in [6.45, 7) is 9.04. The molecule has 154 valence electrons. The Morgan fingerprint density at radius 1 is 0.964 bits per heavy atom. The van der Waals surface area contributed by atoms with Gasteiger partial charge in [0.1, 0.15) is 0 Å². The summed E-state index contributed by atoms with van der Waals surface area (Å²) in [7, 11) is 1.77. The lowest BCUT2D eigenvalue weighted by Gasteiger charge is -2.18. The summed E-state index contributed by atoms with van der Waals surface area (Å²) >= 11 is 1.83. The molecule has 1 aromatic heterocycles. The maximum absolute atomic E-state index is 12.4. The molecule has 2 rings (SSSR count). The van der Waals surface area contributed by atoms with Gasteiger partial charge in [-0.25, -0.2) is 0 Å². The van der Waals surface area contributed by atoms with E-state index >= 15 is 0 Å². The number of rotatable bonds is 8. The quantitative estimate of drug-likeness (QED) is 0.314. The monoisotopic (exact) mass is 514 g/mol. The fraction of sp³-hybridized carbons (Fsp3) is 0.429. The summed E-state index contributed by atoms with van der Waals surface area (Å²) in [4.78, 5) is 21.2. The van der Waals surface area contributed by atoms with Crippen molar-refractivity contribution in [3.05, 3.63) is 57.3 Å². The number of aliphatic imine (C=N–C) groups is 1. The number of hydrogen-bond donors (Lipinski definition) is 2. The van der Waals surface area contributed by atoms with Gasteiger partial charge in [0, 0.05) is 42.0 Å². The van der Waals surface area contributed by atoms with E-state index in [2.05, 4.69) is 34.7 Å². The minimum absolute atomic E-state index is 0. The van der Waals surface area contributed by atoms with Gasteiger partial charge in [-0.2, -0.15) is 0 Å². The van der Waals surface area contributed by atoms with Crippen LogP contribution in [-0.2, 0) is 19.5 Å². The van der Waals surface area contributed by atoms with Gasteiger partial charge in [0.25, 0.3) is 5.91 Å². The number of benzene rings is 1. The summed E-state index contributed by atoms with van der Waals surface area (Å²) < 4.78 is 0. The number of amides is 1. The van der Waals surface area contributed by atoms with Crippen LogP contribution in [0.15, 0.2) is 41.4 Å². The molecule has 0 aliphatic heterocycles. The second-order valence-corrected chi connectivity index (χ2v) is 7.43. The van der Waals surface area contributed by atoms with Crippen LogP contribution in [0.2, 0.25) is 0 Å². The van der Waals surface area contributed by atoms with E-state index in [0.29, 0.717) is 6.54 Å². The normalized spacial score (nSPS) is 10.9. The molecule has 2 N–H and O–H groups in total. The molecule has 0 atom stereocenters. The third-order valence-electron chi connectivity index (χ3n) is 4.43. The van der Waals surface area contributed by atoms with Crippen molar-refractivity contribution in [2.45, 2.75) is 40.3 Å². The third kappa shape index (κ3) is 7.09. The first-order valence-corrected chi connectivity index (χ1v) is 10.3. The molecule has 0 saturated carbocycles. The maximum atomic E-state index is 12.4. The molecule has 1 aromatic carbocycles. The number of halogens is 1. The first-order valence-electron chi connectivity index (χ1n) is 9.51. The zero-order chi connectivity index (χ0) is 19.6. The van der Waals surface area contributed by atoms with Gasteiger partial charge in [-0.3, -0.25) is 9.79 Å². The van der Waals surface area contributed by atoms with Crippen molar-refractivity contribution in [3.8, 4) is 0 Å². The number of thiophene rings is 1. The lowest BCUT2D eigenvalue weighted by Crippen LogP contribution is -2.36. The zero-order valence-electron chi connectivity index (χ0n) is 17.1. The number of carbonyl (C=O) groups is 1. The fourth-order valence-corrected chi connectivity index (χ4v) is 3.64. The lowest BCUT2D eigenvalue weighted by molar-refractivity contribution is 0.0773. The Balaban J connectivity index is 0.00000392. The number of aryl methyl sites for hydroxylation is 1. The van der Waals surface area contributed by atoms with Gasteiger partial charge in [-0.05, 0) is 50.1 Å². The lowest BCUT2D eigenvalue weighted by atomic mass is 10.1. The Bertz CT molecular complexity index is 754. The summed E-state index contributed by atoms with van der Waals surface area (Å²) in [6, 6.07) is 12.1. The van der Waals surface area contributed by atoms with Crippen molar-refractivity contribution in [2.75, 3.05) is 20.1 Å². The second kappa shape index (κ2) is 12.8. The second-order valence-electron chi connectivity index (χ2n) is 6.18. The van der Waals surface area contributed by atoms with E-state index < -0.39 is 0 Å². The summed E-state index contributed by atoms with van der Waals surface area (Å²) in [5.41, 5.74) is 1.84. The molecule has 0 saturated heterocycles. The summed E-state index contributed by atoms with van der Waals surface area (Å²) in [5, 5.41) is 6.66. The predicted octanol–water partition coefficient (Wildman–Crippen LogP) is 4.28. The van der Waals surface area contributed by atoms with E-state index in [4.69, 9.17) is 0 Å². The molecule has 1 heterocycles. The standard InChI is InChI=1S/C21H30N4OS.HI/c1-5-18-12-13-19(27-18)15-24-21(22-4)23-14-16-8-10-17(11-9-16)20(26)25(6-2)7-3;/h8-13H,5-7,14-15H2,1-4H3,(H2,22,23,24);1H. The smallest absolute Gasteiger partial charge is 0.253 e. The van der Waals surface area contributed by atoms with Crippen LogP contribution in [0.4, 0.5) is 0 Å². The van der Waals surface area contributed by atoms with Gasteiger partial charge in [0.2, 0.25) is 0 Å². The number of nitrogens with one attached hydrogen (secondary N) is 2. The van der Waals surface area contributed by atoms with Crippen LogP contribution >= 0.6 is 35.3 Å². The average molecular weight is 514 g/mol. The van der Waals surface area contributed by atoms with Crippen LogP contribution in [-0.4, -0.2) is 36.9 Å². The van der Waals surface area contributed by atoms with Crippen LogP contribution in [0.1, 0.15) is 46.4 Å². The Morgan fingerprint density at radius 2 is 1.57 bits per heavy atom. The molecule has 28 heavy (non-hydrogen) atoms. The van der Waals surface area contributed by atoms with E-state index in [-0.39, 0.29) is 29.9 Å². The third-order valence-corrected chi connectivity index (χ3v) is 5.66. The molecule has 0 fully saturated rings. The number of carbonyl (C=O) groups excluding carboxylic acids is 1. The maximum Gasteiger partial charge on any atom is 0.253 e. The van der Waals surface area contributed by atoms with E-state index in [1.807, 2.05) is 54.3 Å². The number of nitrogens with zero attached hydrogens (tertiary/aromatic N) is 2. The largest absolute Gasteiger partial charge is 0.352 e. The van der Waals surface area contributed by atoms with Crippen LogP contribution in [0.25, 0.3) is 0 Å². The molecule has 7 heteroatoms. The highest BCUT2D eigenvalue weighted by Gasteiger charge is 2.11. The summed E-state index contributed by atoms with van der Waals surface area (Å²) in [6.07, 6.45) is 1.07. The van der Waals surface area contributed by atoms with Gasteiger partial charge in [-0.15, -0.1) is 35.3 Å². The molecule has 0 aliphatic carbocycles. The Hall–Kier alpha value is -1.61. The van der Waals surface area contributed by atoms with Gasteiger partial charge in [-0.1, -0.05) is 19.1 Å². The molecular weight excluding hydrogens is 483 g/mol. The number of hydrogen-bond acceptors (Lipinski definition) is 3. The van der Waals surface area contributed by atoms with E-state index in [0.717, 1.165) is 43.1 Å². The van der Waals surface area contributed by atoms with Crippen LogP contribution in [0.5, 0.6) is 0 Å². The molecular formula is C21H31IN4OS.